The number of thioether (sulfide) groups is 1. The molecule has 0 amide bonds. The third-order valence-electron chi connectivity index (χ3n) is 4.87. The fraction of sp³-hybridized carbons (Fsp3) is 0.0870. The third-order valence-corrected chi connectivity index (χ3v) is 6.98. The van der Waals surface area contributed by atoms with Crippen LogP contribution in [-0.2, 0) is 10.5 Å². The van der Waals surface area contributed by atoms with Gasteiger partial charge in [0, 0.05) is 10.3 Å². The van der Waals surface area contributed by atoms with Crippen LogP contribution in [-0.4, -0.2) is 33.0 Å². The number of nitrogens with zero attached hydrogens (tertiary/aromatic N) is 3. The summed E-state index contributed by atoms with van der Waals surface area (Å²) in [6.07, 6.45) is 1.55. The second-order valence-electron chi connectivity index (χ2n) is 6.90. The molecule has 3 heterocycles. The molecule has 5 aromatic rings. The van der Waals surface area contributed by atoms with Gasteiger partial charge in [0.05, 0.1) is 29.3 Å². The summed E-state index contributed by atoms with van der Waals surface area (Å²) in [6.45, 7) is 0. The Bertz CT molecular complexity index is 1510. The molecule has 1 N–H and O–H groups in total. The minimum atomic E-state index is -0.472. The van der Waals surface area contributed by atoms with Gasteiger partial charge < -0.3 is 9.72 Å². The Balaban J connectivity index is 1.45. The second-order valence-corrected chi connectivity index (χ2v) is 8.89. The van der Waals surface area contributed by atoms with Gasteiger partial charge in [-0.1, -0.05) is 42.1 Å². The first kappa shape index (κ1) is 20.3. The number of esters is 1. The van der Waals surface area contributed by atoms with Gasteiger partial charge in [0.1, 0.15) is 22.0 Å². The standard InChI is InChI=1S/C23H16N4O3S2/c1-30-23(29)14-7-8-15-17(9-14)26-19(27-20(15)28)11-31-21-16-10-18(13-5-3-2-4-6-13)32-22(16)25-12-24-21/h2-10,12H,11H2,1H3,(H,26,27,28). The maximum absolute atomic E-state index is 12.5. The summed E-state index contributed by atoms with van der Waals surface area (Å²) < 4.78 is 4.76. The number of hydrogen-bond acceptors (Lipinski definition) is 8. The first-order chi connectivity index (χ1) is 15.6. The summed E-state index contributed by atoms with van der Waals surface area (Å²) in [6, 6.07) is 16.9. The normalized spacial score (nSPS) is 11.2. The van der Waals surface area contributed by atoms with Crippen molar-refractivity contribution in [3.05, 3.63) is 82.7 Å². The Labute approximate surface area is 190 Å². The summed E-state index contributed by atoms with van der Waals surface area (Å²) >= 11 is 3.09. The van der Waals surface area contributed by atoms with Crippen molar-refractivity contribution in [2.45, 2.75) is 10.8 Å². The van der Waals surface area contributed by atoms with Crippen molar-refractivity contribution in [2.75, 3.05) is 7.11 Å². The van der Waals surface area contributed by atoms with E-state index in [-0.39, 0.29) is 5.56 Å². The molecule has 0 atom stereocenters. The van der Waals surface area contributed by atoms with E-state index < -0.39 is 5.97 Å². The molecule has 3 aromatic heterocycles. The predicted molar refractivity (Wildman–Crippen MR) is 126 cm³/mol. The number of fused-ring (bicyclic) bond motifs is 2. The van der Waals surface area contributed by atoms with E-state index in [0.717, 1.165) is 25.7 Å². The van der Waals surface area contributed by atoms with E-state index in [1.807, 2.05) is 18.2 Å². The molecule has 0 saturated carbocycles. The summed E-state index contributed by atoms with van der Waals surface area (Å²) in [4.78, 5) is 42.5. The minimum absolute atomic E-state index is 0.253. The molecule has 0 radical (unpaired) electrons. The van der Waals surface area contributed by atoms with Crippen molar-refractivity contribution in [2.24, 2.45) is 0 Å². The fourth-order valence-electron chi connectivity index (χ4n) is 3.33. The lowest BCUT2D eigenvalue weighted by atomic mass is 10.1. The highest BCUT2D eigenvalue weighted by Crippen LogP contribution is 2.36. The van der Waals surface area contributed by atoms with E-state index in [9.17, 15) is 9.59 Å². The van der Waals surface area contributed by atoms with Crippen molar-refractivity contribution in [3.63, 3.8) is 0 Å². The first-order valence-electron chi connectivity index (χ1n) is 9.66. The average molecular weight is 461 g/mol. The zero-order valence-electron chi connectivity index (χ0n) is 16.9. The van der Waals surface area contributed by atoms with Gasteiger partial charge in [0.15, 0.2) is 0 Å². The molecule has 32 heavy (non-hydrogen) atoms. The van der Waals surface area contributed by atoms with Gasteiger partial charge in [-0.05, 0) is 29.8 Å². The minimum Gasteiger partial charge on any atom is -0.465 e. The number of aromatic nitrogens is 4. The third kappa shape index (κ3) is 3.88. The molecule has 0 aliphatic carbocycles. The van der Waals surface area contributed by atoms with Crippen LogP contribution in [0.1, 0.15) is 16.2 Å². The highest BCUT2D eigenvalue weighted by Gasteiger charge is 2.13. The van der Waals surface area contributed by atoms with Crippen molar-refractivity contribution in [3.8, 4) is 10.4 Å². The van der Waals surface area contributed by atoms with Gasteiger partial charge in [0.25, 0.3) is 5.56 Å². The molecule has 0 fully saturated rings. The topological polar surface area (TPSA) is 97.8 Å². The van der Waals surface area contributed by atoms with Crippen molar-refractivity contribution >= 4 is 50.2 Å². The molecule has 9 heteroatoms. The second kappa shape index (κ2) is 8.52. The smallest absolute Gasteiger partial charge is 0.337 e. The molecule has 0 aliphatic rings. The number of aromatic amines is 1. The zero-order valence-corrected chi connectivity index (χ0v) is 18.5. The van der Waals surface area contributed by atoms with Crippen molar-refractivity contribution in [1.29, 1.82) is 0 Å². The zero-order chi connectivity index (χ0) is 22.1. The molecule has 0 unspecified atom stereocenters. The van der Waals surface area contributed by atoms with E-state index >= 15 is 0 Å². The Morgan fingerprint density at radius 2 is 1.94 bits per heavy atom. The molecule has 0 aliphatic heterocycles. The Hall–Kier alpha value is -3.56. The maximum atomic E-state index is 12.5. The summed E-state index contributed by atoms with van der Waals surface area (Å²) in [7, 11) is 1.32. The van der Waals surface area contributed by atoms with E-state index in [1.165, 1.54) is 18.9 Å². The summed E-state index contributed by atoms with van der Waals surface area (Å²) in [5.41, 5.74) is 1.67. The Morgan fingerprint density at radius 1 is 1.09 bits per heavy atom. The van der Waals surface area contributed by atoms with Crippen LogP contribution in [0.5, 0.6) is 0 Å². The molecule has 2 aromatic carbocycles. The number of nitrogens with one attached hydrogen (secondary N) is 1. The van der Waals surface area contributed by atoms with Crippen LogP contribution in [0.2, 0.25) is 0 Å². The molecular formula is C23H16N4O3S2. The quantitative estimate of drug-likeness (QED) is 0.231. The Kier molecular flexibility index (Phi) is 5.42. The van der Waals surface area contributed by atoms with Crippen LogP contribution in [0.15, 0.2) is 70.7 Å². The highest BCUT2D eigenvalue weighted by atomic mass is 32.2. The van der Waals surface area contributed by atoms with Gasteiger partial charge in [-0.3, -0.25) is 4.79 Å². The van der Waals surface area contributed by atoms with Gasteiger partial charge in [-0.25, -0.2) is 19.7 Å². The number of carbonyl (C=O) groups excluding carboxylic acids is 1. The fourth-order valence-corrected chi connectivity index (χ4v) is 5.24. The predicted octanol–water partition coefficient (Wildman–Crippen LogP) is 4.67. The average Bonchev–Trinajstić information content (AvgIpc) is 3.27. The van der Waals surface area contributed by atoms with E-state index in [2.05, 4.69) is 38.1 Å². The lowest BCUT2D eigenvalue weighted by Crippen LogP contribution is -2.12. The summed E-state index contributed by atoms with van der Waals surface area (Å²) in [5.74, 6) is 0.441. The molecule has 7 nitrogen and oxygen atoms in total. The number of benzene rings is 2. The van der Waals surface area contributed by atoms with Gasteiger partial charge in [-0.2, -0.15) is 0 Å². The molecular weight excluding hydrogens is 444 g/mol. The van der Waals surface area contributed by atoms with E-state index in [0.29, 0.717) is 28.0 Å². The van der Waals surface area contributed by atoms with Crippen LogP contribution < -0.4 is 5.56 Å². The van der Waals surface area contributed by atoms with Crippen molar-refractivity contribution < 1.29 is 9.53 Å². The van der Waals surface area contributed by atoms with Crippen LogP contribution in [0.25, 0.3) is 31.6 Å². The maximum Gasteiger partial charge on any atom is 0.337 e. The lowest BCUT2D eigenvalue weighted by molar-refractivity contribution is 0.0601. The first-order valence-corrected chi connectivity index (χ1v) is 11.5. The number of methoxy groups -OCH3 is 1. The van der Waals surface area contributed by atoms with Crippen LogP contribution in [0.3, 0.4) is 0 Å². The SMILES string of the molecule is COC(=O)c1ccc2c(=O)[nH]c(CSc3ncnc4sc(-c5ccccc5)cc34)nc2c1. The number of hydrogen-bond donors (Lipinski definition) is 1. The lowest BCUT2D eigenvalue weighted by Gasteiger charge is -2.05. The molecule has 158 valence electrons. The molecule has 0 saturated heterocycles. The number of rotatable bonds is 5. The number of carbonyl (C=O) groups is 1. The number of ether oxygens (including phenoxy) is 1. The number of thiophene rings is 1. The van der Waals surface area contributed by atoms with E-state index in [4.69, 9.17) is 4.74 Å². The monoisotopic (exact) mass is 460 g/mol. The molecule has 5 rings (SSSR count). The molecule has 0 bridgehead atoms. The number of H-pyrrole nitrogens is 1. The molecule has 0 spiro atoms. The van der Waals surface area contributed by atoms with Crippen LogP contribution in [0, 0.1) is 0 Å². The van der Waals surface area contributed by atoms with Gasteiger partial charge in [0.2, 0.25) is 0 Å². The van der Waals surface area contributed by atoms with Crippen LogP contribution >= 0.6 is 23.1 Å². The van der Waals surface area contributed by atoms with E-state index in [1.54, 1.807) is 35.9 Å². The highest BCUT2D eigenvalue weighted by molar-refractivity contribution is 7.98. The van der Waals surface area contributed by atoms with Crippen LogP contribution in [0.4, 0.5) is 0 Å². The summed E-state index contributed by atoms with van der Waals surface area (Å²) in [5, 5.41) is 2.21. The van der Waals surface area contributed by atoms with Gasteiger partial charge in [-0.15, -0.1) is 11.3 Å². The largest absolute Gasteiger partial charge is 0.465 e. The Morgan fingerprint density at radius 3 is 2.75 bits per heavy atom. The van der Waals surface area contributed by atoms with Gasteiger partial charge >= 0.3 is 5.97 Å². The van der Waals surface area contributed by atoms with Crippen molar-refractivity contribution in [1.82, 2.24) is 19.9 Å².